The number of rotatable bonds is 7. The van der Waals surface area contributed by atoms with Crippen LogP contribution in [0.5, 0.6) is 0 Å². The number of nitrogens with zero attached hydrogens (tertiary/aromatic N) is 1. The maximum Gasteiger partial charge on any atom is 0.139 e. The Morgan fingerprint density at radius 2 is 0.759 bits per heavy atom. The lowest BCUT2D eigenvalue weighted by Crippen LogP contribution is -2.22. The number of hydrogen-bond donors (Lipinski definition) is 0. The maximum absolute atomic E-state index is 6.88. The molecule has 0 N–H and O–H groups in total. The third-order valence-electron chi connectivity index (χ3n) is 12.2. The standard InChI is InChI=1S/C56H39NO/c1-56(51-20-10-8-17-47(51)48-18-9-11-21-52(48)56)53-22-12-19-49-50-37-46(35-36-54(50)58-55(49)53)57(44-31-27-42(28-32-44)39-15-6-3-7-16-39)45-33-29-43(30-34-45)41-25-23-40(24-26-41)38-13-4-2-5-14-38/h2-37H,1H3. The largest absolute Gasteiger partial charge is 0.456 e. The highest BCUT2D eigenvalue weighted by atomic mass is 16.3. The zero-order chi connectivity index (χ0) is 38.6. The minimum atomic E-state index is -0.362. The number of para-hydroxylation sites is 1. The lowest BCUT2D eigenvalue weighted by atomic mass is 9.74. The van der Waals surface area contributed by atoms with Crippen molar-refractivity contribution in [1.29, 1.82) is 0 Å². The lowest BCUT2D eigenvalue weighted by Gasteiger charge is -2.28. The molecule has 0 unspecified atom stereocenters. The van der Waals surface area contributed by atoms with Gasteiger partial charge < -0.3 is 9.32 Å². The van der Waals surface area contributed by atoms with Crippen molar-refractivity contribution in [2.45, 2.75) is 12.3 Å². The number of furan rings is 1. The molecule has 0 radical (unpaired) electrons. The van der Waals surface area contributed by atoms with Crippen molar-refractivity contribution in [3.8, 4) is 44.5 Å². The summed E-state index contributed by atoms with van der Waals surface area (Å²) in [6.45, 7) is 2.35. The van der Waals surface area contributed by atoms with Crippen LogP contribution in [0.3, 0.4) is 0 Å². The molecule has 2 heteroatoms. The first-order valence-corrected chi connectivity index (χ1v) is 20.0. The summed E-state index contributed by atoms with van der Waals surface area (Å²) in [7, 11) is 0. The van der Waals surface area contributed by atoms with Crippen LogP contribution in [0.15, 0.2) is 223 Å². The van der Waals surface area contributed by atoms with Gasteiger partial charge in [0.1, 0.15) is 11.2 Å². The molecule has 0 fully saturated rings. The maximum atomic E-state index is 6.88. The van der Waals surface area contributed by atoms with Gasteiger partial charge in [0, 0.05) is 38.8 Å². The van der Waals surface area contributed by atoms with Crippen LogP contribution in [-0.4, -0.2) is 0 Å². The van der Waals surface area contributed by atoms with E-state index < -0.39 is 0 Å². The molecule has 0 aliphatic heterocycles. The van der Waals surface area contributed by atoms with Gasteiger partial charge in [-0.15, -0.1) is 0 Å². The summed E-state index contributed by atoms with van der Waals surface area (Å²) in [5, 5.41) is 2.21. The van der Waals surface area contributed by atoms with Crippen LogP contribution >= 0.6 is 0 Å². The first kappa shape index (κ1) is 33.9. The van der Waals surface area contributed by atoms with Crippen LogP contribution < -0.4 is 4.90 Å². The fraction of sp³-hybridized carbons (Fsp3) is 0.0357. The molecular formula is C56H39NO. The molecule has 58 heavy (non-hydrogen) atoms. The molecule has 1 aliphatic rings. The molecule has 0 bridgehead atoms. The van der Waals surface area contributed by atoms with Gasteiger partial charge in [-0.2, -0.15) is 0 Å². The third kappa shape index (κ3) is 5.49. The van der Waals surface area contributed by atoms with E-state index in [0.717, 1.165) is 39.0 Å². The second kappa shape index (κ2) is 13.7. The van der Waals surface area contributed by atoms with Crippen molar-refractivity contribution in [3.05, 3.63) is 235 Å². The van der Waals surface area contributed by atoms with Crippen LogP contribution in [0.1, 0.15) is 23.6 Å². The zero-order valence-corrected chi connectivity index (χ0v) is 32.1. The quantitative estimate of drug-likeness (QED) is 0.162. The summed E-state index contributed by atoms with van der Waals surface area (Å²) >= 11 is 0. The number of benzene rings is 9. The van der Waals surface area contributed by atoms with Crippen molar-refractivity contribution < 1.29 is 4.42 Å². The molecule has 1 heterocycles. The molecule has 1 aromatic heterocycles. The van der Waals surface area contributed by atoms with Crippen molar-refractivity contribution >= 4 is 39.0 Å². The molecule has 2 nitrogen and oxygen atoms in total. The Balaban J connectivity index is 1.02. The summed E-state index contributed by atoms with van der Waals surface area (Å²) in [6.07, 6.45) is 0. The van der Waals surface area contributed by atoms with E-state index in [-0.39, 0.29) is 5.41 Å². The Labute approximate surface area is 338 Å². The summed E-state index contributed by atoms with van der Waals surface area (Å²) < 4.78 is 6.88. The van der Waals surface area contributed by atoms with Gasteiger partial charge in [-0.1, -0.05) is 176 Å². The molecule has 11 rings (SSSR count). The Bertz CT molecular complexity index is 3040. The second-order valence-electron chi connectivity index (χ2n) is 15.4. The van der Waals surface area contributed by atoms with Crippen LogP contribution in [0, 0.1) is 0 Å². The molecule has 0 spiro atoms. The fourth-order valence-corrected chi connectivity index (χ4v) is 9.23. The van der Waals surface area contributed by atoms with E-state index in [1.165, 1.54) is 61.2 Å². The Morgan fingerprint density at radius 1 is 0.345 bits per heavy atom. The number of hydrogen-bond acceptors (Lipinski definition) is 2. The van der Waals surface area contributed by atoms with Crippen LogP contribution in [0.4, 0.5) is 17.1 Å². The zero-order valence-electron chi connectivity index (χ0n) is 32.1. The van der Waals surface area contributed by atoms with Gasteiger partial charge in [0.2, 0.25) is 0 Å². The molecule has 10 aromatic rings. The minimum Gasteiger partial charge on any atom is -0.456 e. The van der Waals surface area contributed by atoms with Crippen LogP contribution in [0.25, 0.3) is 66.4 Å². The van der Waals surface area contributed by atoms with Gasteiger partial charge in [-0.25, -0.2) is 0 Å². The number of fused-ring (bicyclic) bond motifs is 6. The van der Waals surface area contributed by atoms with Crippen molar-refractivity contribution in [3.63, 3.8) is 0 Å². The molecule has 1 aliphatic carbocycles. The van der Waals surface area contributed by atoms with Crippen molar-refractivity contribution in [2.75, 3.05) is 4.90 Å². The van der Waals surface area contributed by atoms with Crippen molar-refractivity contribution in [2.24, 2.45) is 0 Å². The van der Waals surface area contributed by atoms with Crippen LogP contribution in [-0.2, 0) is 5.41 Å². The smallest absolute Gasteiger partial charge is 0.139 e. The predicted octanol–water partition coefficient (Wildman–Crippen LogP) is 15.4. The average molecular weight is 742 g/mol. The Morgan fingerprint density at radius 3 is 1.28 bits per heavy atom. The van der Waals surface area contributed by atoms with E-state index in [1.807, 2.05) is 0 Å². The first-order valence-electron chi connectivity index (χ1n) is 20.0. The van der Waals surface area contributed by atoms with E-state index in [2.05, 4.69) is 230 Å². The SMILES string of the molecule is CC1(c2cccc3c2oc2ccc(N(c4ccc(-c5ccccc5)cc4)c4ccc(-c5ccc(-c6ccccc6)cc5)cc4)cc23)c2ccccc2-c2ccccc21. The highest BCUT2D eigenvalue weighted by Gasteiger charge is 2.42. The molecule has 0 atom stereocenters. The van der Waals surface area contributed by atoms with Gasteiger partial charge in [-0.05, 0) is 105 Å². The monoisotopic (exact) mass is 741 g/mol. The average Bonchev–Trinajstić information content (AvgIpc) is 3.80. The predicted molar refractivity (Wildman–Crippen MR) is 242 cm³/mol. The molecule has 0 saturated carbocycles. The minimum absolute atomic E-state index is 0.362. The normalized spacial score (nSPS) is 12.7. The van der Waals surface area contributed by atoms with E-state index in [9.17, 15) is 0 Å². The van der Waals surface area contributed by atoms with Crippen LogP contribution in [0.2, 0.25) is 0 Å². The summed E-state index contributed by atoms with van der Waals surface area (Å²) in [4.78, 5) is 2.35. The molecule has 274 valence electrons. The molecular weight excluding hydrogens is 703 g/mol. The van der Waals surface area contributed by atoms with Gasteiger partial charge in [0.15, 0.2) is 0 Å². The summed E-state index contributed by atoms with van der Waals surface area (Å²) in [6, 6.07) is 78.7. The second-order valence-corrected chi connectivity index (χ2v) is 15.4. The fourth-order valence-electron chi connectivity index (χ4n) is 9.23. The van der Waals surface area contributed by atoms with Crippen molar-refractivity contribution in [1.82, 2.24) is 0 Å². The number of anilines is 3. The molecule has 9 aromatic carbocycles. The van der Waals surface area contributed by atoms with E-state index in [0.29, 0.717) is 0 Å². The first-order chi connectivity index (χ1) is 28.6. The Hall–Kier alpha value is -7.42. The molecule has 0 amide bonds. The van der Waals surface area contributed by atoms with E-state index in [4.69, 9.17) is 4.42 Å². The summed E-state index contributed by atoms with van der Waals surface area (Å²) in [5.41, 5.74) is 18.3. The third-order valence-corrected chi connectivity index (χ3v) is 12.2. The van der Waals surface area contributed by atoms with Gasteiger partial charge in [0.25, 0.3) is 0 Å². The van der Waals surface area contributed by atoms with E-state index >= 15 is 0 Å². The van der Waals surface area contributed by atoms with Gasteiger partial charge >= 0.3 is 0 Å². The topological polar surface area (TPSA) is 16.4 Å². The highest BCUT2D eigenvalue weighted by molar-refractivity contribution is 6.08. The Kier molecular flexibility index (Phi) is 7.97. The highest BCUT2D eigenvalue weighted by Crippen LogP contribution is 2.54. The van der Waals surface area contributed by atoms with Gasteiger partial charge in [0.05, 0.1) is 0 Å². The molecule has 0 saturated heterocycles. The summed E-state index contributed by atoms with van der Waals surface area (Å²) in [5.74, 6) is 0. The van der Waals surface area contributed by atoms with Gasteiger partial charge in [-0.3, -0.25) is 0 Å². The lowest BCUT2D eigenvalue weighted by molar-refractivity contribution is 0.638. The van der Waals surface area contributed by atoms with E-state index in [1.54, 1.807) is 0 Å².